The van der Waals surface area contributed by atoms with Gasteiger partial charge in [0, 0.05) is 52.4 Å². The fraction of sp³-hybridized carbons (Fsp3) is 0.397. The summed E-state index contributed by atoms with van der Waals surface area (Å²) in [6.45, 7) is 5.22. The molecule has 28 heteroatoms. The van der Waals surface area contributed by atoms with Crippen LogP contribution in [0, 0.1) is 77.8 Å². The number of aromatic nitrogens is 1. The molecule has 5 aromatic carbocycles. The van der Waals surface area contributed by atoms with Crippen molar-refractivity contribution in [2.45, 2.75) is 126 Å². The van der Waals surface area contributed by atoms with Crippen molar-refractivity contribution in [3.63, 3.8) is 0 Å². The maximum absolute atomic E-state index is 14.7. The highest BCUT2D eigenvalue weighted by Gasteiger charge is 2.57. The predicted octanol–water partition coefficient (Wildman–Crippen LogP) is 10.2. The zero-order valence-electron chi connectivity index (χ0n) is 46.4. The SMILES string of the molecule is C.Cc1ccc(Cc2c(F)c(F)cc(C)c2NS(=O)(=O)C2(CC(O)CO)CC2)c(F)c1.Cc1ccc(Nc2c(NS(=O)(=O)C3CC3)cn(C)c(=O)c2C)c(F)c1.O=S(=O)(Nc1c(F)cc(F)c(F)c1Cc1ccc(I)cc1F)C1(CC(O)CO)CC1. The molecule has 2 atom stereocenters. The van der Waals surface area contributed by atoms with Crippen LogP contribution in [0.15, 0.2) is 77.7 Å². The molecule has 3 fully saturated rings. The molecule has 3 aliphatic carbocycles. The Morgan fingerprint density at radius 2 is 1.06 bits per heavy atom. The highest BCUT2D eigenvalue weighted by atomic mass is 127. The number of nitrogens with zero attached hydrogens (tertiary/aromatic N) is 1. The van der Waals surface area contributed by atoms with Crippen molar-refractivity contribution in [3.05, 3.63) is 178 Å². The third kappa shape index (κ3) is 15.9. The topological polar surface area (TPSA) is 253 Å². The number of anilines is 5. The van der Waals surface area contributed by atoms with Gasteiger partial charge in [0.05, 0.1) is 68.6 Å². The minimum atomic E-state index is -4.34. The zero-order valence-corrected chi connectivity index (χ0v) is 51.0. The Bertz CT molecular complexity index is 3770. The minimum absolute atomic E-state index is 0. The molecule has 16 nitrogen and oxygen atoms in total. The second kappa shape index (κ2) is 27.2. The van der Waals surface area contributed by atoms with Crippen LogP contribution in [0.3, 0.4) is 0 Å². The molecule has 0 amide bonds. The molecule has 0 bridgehead atoms. The molecule has 9 rings (SSSR count). The number of benzene rings is 5. The van der Waals surface area contributed by atoms with Gasteiger partial charge < -0.3 is 30.3 Å². The monoisotopic (exact) mass is 1380 g/mol. The van der Waals surface area contributed by atoms with E-state index in [1.165, 1.54) is 48.0 Å². The summed E-state index contributed by atoms with van der Waals surface area (Å²) in [6, 6.07) is 14.1. The van der Waals surface area contributed by atoms with Crippen LogP contribution in [0.5, 0.6) is 0 Å². The van der Waals surface area contributed by atoms with Crippen LogP contribution in [0.1, 0.15) is 103 Å². The van der Waals surface area contributed by atoms with E-state index in [1.807, 2.05) is 27.3 Å². The van der Waals surface area contributed by atoms with Crippen LogP contribution in [0.25, 0.3) is 0 Å². The summed E-state index contributed by atoms with van der Waals surface area (Å²) in [5.41, 5.74) is 0.363. The number of halogens is 9. The first-order valence-corrected chi connectivity index (χ1v) is 32.0. The molecule has 1 aromatic heterocycles. The Kier molecular flexibility index (Phi) is 21.9. The molecule has 86 heavy (non-hydrogen) atoms. The second-order valence-corrected chi connectivity index (χ2v) is 29.0. The molecule has 6 aromatic rings. The van der Waals surface area contributed by atoms with Crippen LogP contribution in [0.4, 0.5) is 63.6 Å². The first-order valence-electron chi connectivity index (χ1n) is 26.4. The van der Waals surface area contributed by atoms with Crippen molar-refractivity contribution >= 4 is 81.1 Å². The van der Waals surface area contributed by atoms with E-state index in [1.54, 1.807) is 46.0 Å². The van der Waals surface area contributed by atoms with Crippen LogP contribution >= 0.6 is 22.6 Å². The molecule has 1 heterocycles. The minimum Gasteiger partial charge on any atom is -0.394 e. The smallest absolute Gasteiger partial charge is 0.255 e. The number of hydrogen-bond acceptors (Lipinski definition) is 12. The van der Waals surface area contributed by atoms with Gasteiger partial charge >= 0.3 is 0 Å². The first-order chi connectivity index (χ1) is 39.7. The standard InChI is InChI=1S/C21H24F3NO4S.C19H18F4INO4S.C17H20FN3O3S.CH4/c1-12-3-4-14(17(22)7-12)9-16-19(24)18(23)8-13(2)20(16)25-30(28,29)21(5-6-21)10-15(27)11-26;20-14-6-11(24)2-1-10(14)5-13-17(23)15(21)7-16(22)18(13)25-30(28,29)19(3-4-19)8-12(27)9-26;1-10-4-7-14(13(18)8-10)19-16-11(2)17(22)21(3)9-15(16)20-25(23,24)12-5-6-12;/h3-4,7-8,15,25-27H,5-6,9-11H2,1-2H3;1-2,6-7,12,25-27H,3-5,8-9H2;4,7-9,12,19-20H,5-6H2,1-3H3;1H4. The number of rotatable bonds is 21. The second-order valence-electron chi connectivity index (χ2n) is 21.6. The highest BCUT2D eigenvalue weighted by Crippen LogP contribution is 2.50. The molecular weight excluding hydrogens is 1320 g/mol. The van der Waals surface area contributed by atoms with Crippen molar-refractivity contribution in [2.24, 2.45) is 7.05 Å². The largest absolute Gasteiger partial charge is 0.394 e. The van der Waals surface area contributed by atoms with Crippen molar-refractivity contribution < 1.29 is 80.8 Å². The highest BCUT2D eigenvalue weighted by molar-refractivity contribution is 14.1. The Morgan fingerprint density at radius 3 is 1.53 bits per heavy atom. The van der Waals surface area contributed by atoms with E-state index in [0.29, 0.717) is 27.5 Å². The summed E-state index contributed by atoms with van der Waals surface area (Å²) in [6.07, 6.45) is -0.460. The van der Waals surface area contributed by atoms with E-state index in [9.17, 15) is 75.4 Å². The van der Waals surface area contributed by atoms with E-state index in [0.717, 1.165) is 17.7 Å². The quantitative estimate of drug-likeness (QED) is 0.0190. The molecule has 3 aliphatic rings. The molecule has 8 N–H and O–H groups in total. The maximum Gasteiger partial charge on any atom is 0.255 e. The summed E-state index contributed by atoms with van der Waals surface area (Å²) in [4.78, 5) is 12.2. The lowest BCUT2D eigenvalue weighted by atomic mass is 9.98. The van der Waals surface area contributed by atoms with Gasteiger partial charge in [-0.2, -0.15) is 0 Å². The summed E-state index contributed by atoms with van der Waals surface area (Å²) < 4.78 is 197. The summed E-state index contributed by atoms with van der Waals surface area (Å²) >= 11 is 1.86. The van der Waals surface area contributed by atoms with Gasteiger partial charge in [0.2, 0.25) is 30.1 Å². The molecular formula is C58H66F8IN5O11S3. The summed E-state index contributed by atoms with van der Waals surface area (Å²) in [5, 5.41) is 39.8. The van der Waals surface area contributed by atoms with Crippen LogP contribution in [-0.2, 0) is 50.0 Å². The third-order valence-electron chi connectivity index (χ3n) is 14.8. The van der Waals surface area contributed by atoms with Crippen LogP contribution in [-0.4, -0.2) is 90.4 Å². The number of aliphatic hydroxyl groups is 4. The number of sulfonamides is 3. The number of aryl methyl sites for hydroxylation is 4. The molecule has 0 spiro atoms. The van der Waals surface area contributed by atoms with Crippen molar-refractivity contribution in [2.75, 3.05) is 32.7 Å². The first kappa shape index (κ1) is 69.2. The number of pyridine rings is 1. The lowest BCUT2D eigenvalue weighted by Crippen LogP contribution is -2.35. The molecule has 0 aliphatic heterocycles. The lowest BCUT2D eigenvalue weighted by Gasteiger charge is -2.23. The Hall–Kier alpha value is -5.89. The van der Waals surface area contributed by atoms with E-state index >= 15 is 0 Å². The van der Waals surface area contributed by atoms with E-state index < -0.39 is 134 Å². The molecule has 0 radical (unpaired) electrons. The van der Waals surface area contributed by atoms with Gasteiger partial charge in [-0.1, -0.05) is 31.7 Å². The van der Waals surface area contributed by atoms with E-state index in [2.05, 4.69) is 14.8 Å². The Balaban J connectivity index is 0.000000206. The van der Waals surface area contributed by atoms with Crippen molar-refractivity contribution in [1.29, 1.82) is 0 Å². The van der Waals surface area contributed by atoms with E-state index in [-0.39, 0.29) is 109 Å². The average Bonchev–Trinajstić information content (AvgIpc) is 1.60. The number of hydrogen-bond donors (Lipinski definition) is 8. The van der Waals surface area contributed by atoms with Gasteiger partial charge in [-0.25, -0.2) is 60.4 Å². The fourth-order valence-corrected chi connectivity index (χ4v) is 14.8. The van der Waals surface area contributed by atoms with Crippen molar-refractivity contribution in [3.8, 4) is 0 Å². The predicted molar refractivity (Wildman–Crippen MR) is 321 cm³/mol. The van der Waals surface area contributed by atoms with Gasteiger partial charge in [-0.3, -0.25) is 19.0 Å². The molecule has 0 saturated heterocycles. The summed E-state index contributed by atoms with van der Waals surface area (Å²) in [7, 11) is -10.4. The normalized spacial score (nSPS) is 15.6. The zero-order chi connectivity index (χ0) is 62.9. The third-order valence-corrected chi connectivity index (χ3v) is 21.7. The van der Waals surface area contributed by atoms with Crippen LogP contribution < -0.4 is 25.0 Å². The Morgan fingerprint density at radius 1 is 0.593 bits per heavy atom. The van der Waals surface area contributed by atoms with Crippen molar-refractivity contribution in [1.82, 2.24) is 4.57 Å². The molecule has 2 unspecified atom stereocenters. The van der Waals surface area contributed by atoms with Crippen LogP contribution in [0.2, 0.25) is 0 Å². The van der Waals surface area contributed by atoms with Gasteiger partial charge in [-0.05, 0) is 166 Å². The van der Waals surface area contributed by atoms with Gasteiger partial charge in [0.15, 0.2) is 29.1 Å². The molecule has 3 saturated carbocycles. The van der Waals surface area contributed by atoms with Gasteiger partial charge in [0.1, 0.15) is 17.5 Å². The van der Waals surface area contributed by atoms with Gasteiger partial charge in [-0.15, -0.1) is 0 Å². The fourth-order valence-electron chi connectivity index (χ4n) is 9.41. The number of nitrogens with one attached hydrogen (secondary N) is 4. The lowest BCUT2D eigenvalue weighted by molar-refractivity contribution is 0.0858. The molecule has 470 valence electrons. The maximum atomic E-state index is 14.7. The Labute approximate surface area is 507 Å². The number of aliphatic hydroxyl groups excluding tert-OH is 4. The average molecular weight is 1380 g/mol. The summed E-state index contributed by atoms with van der Waals surface area (Å²) in [5.74, 6) is -8.60. The van der Waals surface area contributed by atoms with Gasteiger partial charge in [0.25, 0.3) is 5.56 Å². The van der Waals surface area contributed by atoms with E-state index in [4.69, 9.17) is 10.2 Å².